The zero-order valence-electron chi connectivity index (χ0n) is 11.2. The number of aryl methyl sites for hydroxylation is 1. The number of hydrogen-bond acceptors (Lipinski definition) is 4. The minimum Gasteiger partial charge on any atom is -0.358 e. The smallest absolute Gasteiger partial charge is 0.244 e. The van der Waals surface area contributed by atoms with Crippen molar-refractivity contribution in [3.8, 4) is 0 Å². The van der Waals surface area contributed by atoms with E-state index >= 15 is 0 Å². The molecule has 0 radical (unpaired) electrons. The van der Waals surface area contributed by atoms with E-state index in [9.17, 15) is 4.79 Å². The summed E-state index contributed by atoms with van der Waals surface area (Å²) in [5, 5.41) is 3.43. The average molecular weight is 271 g/mol. The number of carbonyl (C=O) groups excluding carboxylic acids is 1. The van der Waals surface area contributed by atoms with Gasteiger partial charge in [0.15, 0.2) is 0 Å². The molecule has 100 valence electrons. The van der Waals surface area contributed by atoms with Gasteiger partial charge in [-0.3, -0.25) is 4.79 Å². The number of carbonyl (C=O) groups is 1. The summed E-state index contributed by atoms with van der Waals surface area (Å²) in [6, 6.07) is 1.28. The second-order valence-electron chi connectivity index (χ2n) is 4.06. The van der Waals surface area contributed by atoms with Crippen molar-refractivity contribution in [3.63, 3.8) is 0 Å². The Hall–Kier alpha value is -1.36. The summed E-state index contributed by atoms with van der Waals surface area (Å²) in [6.07, 6.45) is 0.701. The molecule has 1 unspecified atom stereocenters. The van der Waals surface area contributed by atoms with Crippen LogP contribution in [0.4, 0.5) is 5.82 Å². The van der Waals surface area contributed by atoms with E-state index in [1.807, 2.05) is 13.8 Å². The molecule has 1 aromatic heterocycles. The van der Waals surface area contributed by atoms with Gasteiger partial charge in [0.1, 0.15) is 22.8 Å². The normalized spacial score (nSPS) is 12.1. The molecule has 0 aliphatic carbocycles. The van der Waals surface area contributed by atoms with Crippen LogP contribution in [-0.4, -0.2) is 40.4 Å². The van der Waals surface area contributed by atoms with E-state index < -0.39 is 0 Å². The fourth-order valence-electron chi connectivity index (χ4n) is 1.47. The van der Waals surface area contributed by atoms with Crippen molar-refractivity contribution in [1.82, 2.24) is 14.9 Å². The molecular weight excluding hydrogens is 252 g/mol. The number of amides is 1. The van der Waals surface area contributed by atoms with Gasteiger partial charge in [0.2, 0.25) is 5.91 Å². The number of nitrogens with one attached hydrogen (secondary N) is 1. The molecule has 6 heteroatoms. The van der Waals surface area contributed by atoms with Crippen LogP contribution in [0.5, 0.6) is 0 Å². The van der Waals surface area contributed by atoms with Crippen molar-refractivity contribution in [2.45, 2.75) is 33.2 Å². The molecule has 0 saturated carbocycles. The number of likely N-dealkylation sites (N-methyl/N-ethyl adjacent to an activating group) is 1. The van der Waals surface area contributed by atoms with E-state index in [-0.39, 0.29) is 11.9 Å². The second-order valence-corrected chi connectivity index (χ2v) is 4.45. The van der Waals surface area contributed by atoms with Crippen molar-refractivity contribution in [1.29, 1.82) is 0 Å². The highest BCUT2D eigenvalue weighted by molar-refractivity contribution is 6.29. The van der Waals surface area contributed by atoms with Crippen LogP contribution in [0.2, 0.25) is 5.15 Å². The average Bonchev–Trinajstić information content (AvgIpc) is 2.35. The zero-order chi connectivity index (χ0) is 13.7. The summed E-state index contributed by atoms with van der Waals surface area (Å²) in [6.45, 7) is 6.36. The Bertz CT molecular complexity index is 425. The molecule has 5 nitrogen and oxygen atoms in total. The number of rotatable bonds is 5. The predicted molar refractivity (Wildman–Crippen MR) is 72.8 cm³/mol. The first kappa shape index (κ1) is 14.7. The van der Waals surface area contributed by atoms with E-state index in [0.717, 1.165) is 0 Å². The van der Waals surface area contributed by atoms with E-state index in [1.54, 1.807) is 24.9 Å². The van der Waals surface area contributed by atoms with Crippen molar-refractivity contribution < 1.29 is 4.79 Å². The highest BCUT2D eigenvalue weighted by Crippen LogP contribution is 2.13. The Morgan fingerprint density at radius 1 is 1.50 bits per heavy atom. The molecule has 1 amide bonds. The van der Waals surface area contributed by atoms with Crippen LogP contribution in [-0.2, 0) is 11.2 Å². The Kier molecular flexibility index (Phi) is 5.34. The summed E-state index contributed by atoms with van der Waals surface area (Å²) < 4.78 is 0. The molecule has 0 aromatic carbocycles. The molecule has 1 aromatic rings. The molecule has 1 rings (SSSR count). The molecule has 1 heterocycles. The summed E-state index contributed by atoms with van der Waals surface area (Å²) in [7, 11) is 1.77. The monoisotopic (exact) mass is 270 g/mol. The molecule has 0 aliphatic heterocycles. The first-order valence-corrected chi connectivity index (χ1v) is 6.40. The lowest BCUT2D eigenvalue weighted by Crippen LogP contribution is -2.39. The van der Waals surface area contributed by atoms with Gasteiger partial charge in [0, 0.05) is 26.1 Å². The third-order valence-corrected chi connectivity index (χ3v) is 2.84. The maximum atomic E-state index is 11.9. The van der Waals surface area contributed by atoms with Gasteiger partial charge < -0.3 is 10.2 Å². The van der Waals surface area contributed by atoms with Gasteiger partial charge in [-0.25, -0.2) is 9.97 Å². The van der Waals surface area contributed by atoms with Crippen molar-refractivity contribution in [3.05, 3.63) is 17.0 Å². The molecule has 18 heavy (non-hydrogen) atoms. The molecule has 0 fully saturated rings. The second kappa shape index (κ2) is 6.54. The SMILES string of the molecule is CCc1nc(Cl)cc(NC(C)C(=O)N(C)CC)n1. The van der Waals surface area contributed by atoms with Crippen molar-refractivity contribution in [2.75, 3.05) is 18.9 Å². The van der Waals surface area contributed by atoms with Crippen LogP contribution in [0.1, 0.15) is 26.6 Å². The summed E-state index contributed by atoms with van der Waals surface area (Å²) >= 11 is 5.90. The summed E-state index contributed by atoms with van der Waals surface area (Å²) in [5.41, 5.74) is 0. The first-order valence-electron chi connectivity index (χ1n) is 6.02. The molecule has 0 aliphatic rings. The largest absolute Gasteiger partial charge is 0.358 e. The fourth-order valence-corrected chi connectivity index (χ4v) is 1.67. The Balaban J connectivity index is 2.78. The Morgan fingerprint density at radius 3 is 2.72 bits per heavy atom. The van der Waals surface area contributed by atoms with E-state index in [1.165, 1.54) is 0 Å². The van der Waals surface area contributed by atoms with Gasteiger partial charge in [-0.15, -0.1) is 0 Å². The molecular formula is C12H19ClN4O. The Morgan fingerprint density at radius 2 is 2.17 bits per heavy atom. The van der Waals surface area contributed by atoms with Crippen LogP contribution in [0.25, 0.3) is 0 Å². The number of aromatic nitrogens is 2. The minimum atomic E-state index is -0.342. The number of nitrogens with zero attached hydrogens (tertiary/aromatic N) is 3. The quantitative estimate of drug-likeness (QED) is 0.831. The molecule has 0 spiro atoms. The third kappa shape index (κ3) is 3.84. The fraction of sp³-hybridized carbons (Fsp3) is 0.583. The zero-order valence-corrected chi connectivity index (χ0v) is 12.0. The lowest BCUT2D eigenvalue weighted by Gasteiger charge is -2.21. The molecule has 1 atom stereocenters. The number of halogens is 1. The maximum Gasteiger partial charge on any atom is 0.244 e. The van der Waals surface area contributed by atoms with Gasteiger partial charge in [-0.2, -0.15) is 0 Å². The third-order valence-electron chi connectivity index (χ3n) is 2.64. The van der Waals surface area contributed by atoms with E-state index in [0.29, 0.717) is 29.8 Å². The lowest BCUT2D eigenvalue weighted by atomic mass is 10.3. The highest BCUT2D eigenvalue weighted by Gasteiger charge is 2.16. The number of anilines is 1. The van der Waals surface area contributed by atoms with Crippen LogP contribution in [0.3, 0.4) is 0 Å². The van der Waals surface area contributed by atoms with E-state index in [2.05, 4.69) is 15.3 Å². The molecule has 0 saturated heterocycles. The van der Waals surface area contributed by atoms with Gasteiger partial charge in [0.25, 0.3) is 0 Å². The van der Waals surface area contributed by atoms with Crippen LogP contribution < -0.4 is 5.32 Å². The van der Waals surface area contributed by atoms with Crippen LogP contribution in [0, 0.1) is 0 Å². The van der Waals surface area contributed by atoms with Crippen molar-refractivity contribution in [2.24, 2.45) is 0 Å². The lowest BCUT2D eigenvalue weighted by molar-refractivity contribution is -0.130. The van der Waals surface area contributed by atoms with Gasteiger partial charge in [0.05, 0.1) is 0 Å². The summed E-state index contributed by atoms with van der Waals surface area (Å²) in [5.74, 6) is 1.26. The van der Waals surface area contributed by atoms with Gasteiger partial charge >= 0.3 is 0 Å². The van der Waals surface area contributed by atoms with E-state index in [4.69, 9.17) is 11.6 Å². The van der Waals surface area contributed by atoms with Gasteiger partial charge in [-0.1, -0.05) is 18.5 Å². The van der Waals surface area contributed by atoms with Gasteiger partial charge in [-0.05, 0) is 13.8 Å². The van der Waals surface area contributed by atoms with Crippen LogP contribution in [0.15, 0.2) is 6.07 Å². The van der Waals surface area contributed by atoms with Crippen LogP contribution >= 0.6 is 11.6 Å². The predicted octanol–water partition coefficient (Wildman–Crippen LogP) is 1.97. The first-order chi connectivity index (χ1) is 8.47. The Labute approximate surface area is 113 Å². The molecule has 0 bridgehead atoms. The standard InChI is InChI=1S/C12H19ClN4O/c1-5-10-15-9(13)7-11(16-10)14-8(3)12(18)17(4)6-2/h7-8H,5-6H2,1-4H3,(H,14,15,16). The number of hydrogen-bond donors (Lipinski definition) is 1. The highest BCUT2D eigenvalue weighted by atomic mass is 35.5. The topological polar surface area (TPSA) is 58.1 Å². The minimum absolute atomic E-state index is 0.0188. The summed E-state index contributed by atoms with van der Waals surface area (Å²) in [4.78, 5) is 21.9. The van der Waals surface area contributed by atoms with Crippen molar-refractivity contribution >= 4 is 23.3 Å². The molecule has 1 N–H and O–H groups in total. The maximum absolute atomic E-state index is 11.9.